The van der Waals surface area contributed by atoms with Crippen molar-refractivity contribution in [3.8, 4) is 16.9 Å². The van der Waals surface area contributed by atoms with Crippen molar-refractivity contribution in [2.24, 2.45) is 0 Å². The largest absolute Gasteiger partial charge is 0.361 e. The van der Waals surface area contributed by atoms with Crippen LogP contribution in [0.2, 0.25) is 0 Å². The lowest BCUT2D eigenvalue weighted by Crippen LogP contribution is -2.31. The third-order valence-electron chi connectivity index (χ3n) is 7.63. The number of para-hydroxylation sites is 1. The molecular formula is C31H33N5. The molecule has 36 heavy (non-hydrogen) atoms. The van der Waals surface area contributed by atoms with Gasteiger partial charge in [-0.15, -0.1) is 0 Å². The number of aryl methyl sites for hydroxylation is 5. The van der Waals surface area contributed by atoms with Crippen LogP contribution in [0, 0.1) is 27.7 Å². The van der Waals surface area contributed by atoms with Gasteiger partial charge in [-0.3, -0.25) is 0 Å². The summed E-state index contributed by atoms with van der Waals surface area (Å²) in [5.74, 6) is 1.08. The summed E-state index contributed by atoms with van der Waals surface area (Å²) in [5.41, 5.74) is 13.5. The molecule has 0 aliphatic carbocycles. The summed E-state index contributed by atoms with van der Waals surface area (Å²) in [6, 6.07) is 15.5. The fraction of sp³-hybridized carbons (Fsp3) is 0.290. The molecule has 4 heterocycles. The molecule has 0 atom stereocenters. The van der Waals surface area contributed by atoms with Crippen LogP contribution in [0.4, 0.5) is 5.82 Å². The SMILES string of the molecule is CCc1cnc(N2CCc3nn(-c4c(C)cccc4C)c(-c4cc(C)c5[nH]ccc5c4)c3C2)c(C)c1. The predicted molar refractivity (Wildman–Crippen MR) is 148 cm³/mol. The van der Waals surface area contributed by atoms with Crippen LogP contribution in [0.3, 0.4) is 0 Å². The van der Waals surface area contributed by atoms with Gasteiger partial charge in [0.05, 0.1) is 17.1 Å². The Kier molecular flexibility index (Phi) is 5.44. The predicted octanol–water partition coefficient (Wildman–Crippen LogP) is 6.77. The van der Waals surface area contributed by atoms with E-state index in [-0.39, 0.29) is 0 Å². The van der Waals surface area contributed by atoms with Crippen molar-refractivity contribution in [2.45, 2.75) is 54.0 Å². The standard InChI is InChI=1S/C31H33N5/c1-6-23-14-22(5)31(33-17-23)35-13-11-27-26(18-35)30(25-15-21(4)28-24(16-25)10-12-32-28)36(34-27)29-19(2)8-7-9-20(29)3/h7-10,12,14-17,32H,6,11,13,18H2,1-5H3. The summed E-state index contributed by atoms with van der Waals surface area (Å²) in [6.45, 7) is 12.6. The second-order valence-electron chi connectivity index (χ2n) is 10.2. The van der Waals surface area contributed by atoms with Crippen LogP contribution >= 0.6 is 0 Å². The number of aromatic amines is 1. The minimum absolute atomic E-state index is 0.805. The van der Waals surface area contributed by atoms with Gasteiger partial charge >= 0.3 is 0 Å². The molecular weight excluding hydrogens is 442 g/mol. The lowest BCUT2D eigenvalue weighted by molar-refractivity contribution is 0.703. The molecule has 0 fully saturated rings. The monoisotopic (exact) mass is 475 g/mol. The molecule has 5 aromatic rings. The number of fused-ring (bicyclic) bond motifs is 2. The van der Waals surface area contributed by atoms with Gasteiger partial charge in [-0.05, 0) is 80.1 Å². The zero-order valence-corrected chi connectivity index (χ0v) is 21.8. The fourth-order valence-corrected chi connectivity index (χ4v) is 5.80. The van der Waals surface area contributed by atoms with E-state index < -0.39 is 0 Å². The van der Waals surface area contributed by atoms with E-state index in [1.807, 2.05) is 12.4 Å². The van der Waals surface area contributed by atoms with Crippen molar-refractivity contribution in [1.29, 1.82) is 0 Å². The maximum atomic E-state index is 5.26. The van der Waals surface area contributed by atoms with Crippen molar-refractivity contribution in [3.05, 3.63) is 93.9 Å². The third kappa shape index (κ3) is 3.62. The molecule has 0 saturated heterocycles. The lowest BCUT2D eigenvalue weighted by atomic mass is 9.97. The zero-order valence-electron chi connectivity index (χ0n) is 21.8. The first-order valence-electron chi connectivity index (χ1n) is 12.9. The number of H-pyrrole nitrogens is 1. The second kappa shape index (κ2) is 8.66. The molecule has 0 radical (unpaired) electrons. The number of hydrogen-bond acceptors (Lipinski definition) is 3. The Hall–Kier alpha value is -3.86. The molecule has 182 valence electrons. The number of nitrogens with one attached hydrogen (secondary N) is 1. The van der Waals surface area contributed by atoms with E-state index in [1.54, 1.807) is 0 Å². The first kappa shape index (κ1) is 22.6. The molecule has 0 amide bonds. The molecule has 2 aromatic carbocycles. The van der Waals surface area contributed by atoms with Crippen LogP contribution < -0.4 is 4.90 Å². The van der Waals surface area contributed by atoms with E-state index in [0.29, 0.717) is 0 Å². The number of hydrogen-bond donors (Lipinski definition) is 1. The highest BCUT2D eigenvalue weighted by molar-refractivity contribution is 5.88. The molecule has 1 aliphatic heterocycles. The van der Waals surface area contributed by atoms with Gasteiger partial charge in [0.25, 0.3) is 0 Å². The van der Waals surface area contributed by atoms with E-state index in [4.69, 9.17) is 10.1 Å². The van der Waals surface area contributed by atoms with Gasteiger partial charge in [0.15, 0.2) is 0 Å². The molecule has 1 N–H and O–H groups in total. The molecule has 6 rings (SSSR count). The van der Waals surface area contributed by atoms with Gasteiger partial charge in [-0.2, -0.15) is 5.10 Å². The second-order valence-corrected chi connectivity index (χ2v) is 10.2. The molecule has 0 spiro atoms. The van der Waals surface area contributed by atoms with Crippen LogP contribution in [0.25, 0.3) is 27.8 Å². The summed E-state index contributed by atoms with van der Waals surface area (Å²) in [4.78, 5) is 10.7. The Morgan fingerprint density at radius 3 is 2.50 bits per heavy atom. The Morgan fingerprint density at radius 2 is 1.75 bits per heavy atom. The van der Waals surface area contributed by atoms with Gasteiger partial charge in [0, 0.05) is 53.9 Å². The molecule has 5 heteroatoms. The molecule has 3 aromatic heterocycles. The molecule has 1 aliphatic rings. The maximum absolute atomic E-state index is 5.26. The Bertz CT molecular complexity index is 1580. The zero-order chi connectivity index (χ0) is 25.0. The van der Waals surface area contributed by atoms with Crippen molar-refractivity contribution in [1.82, 2.24) is 19.7 Å². The molecule has 0 bridgehead atoms. The van der Waals surface area contributed by atoms with Crippen LogP contribution in [-0.4, -0.2) is 26.3 Å². The summed E-state index contributed by atoms with van der Waals surface area (Å²) < 4.78 is 2.21. The van der Waals surface area contributed by atoms with E-state index >= 15 is 0 Å². The van der Waals surface area contributed by atoms with Crippen molar-refractivity contribution >= 4 is 16.7 Å². The topological polar surface area (TPSA) is 49.7 Å². The third-order valence-corrected chi connectivity index (χ3v) is 7.63. The Morgan fingerprint density at radius 1 is 0.944 bits per heavy atom. The number of pyridine rings is 1. The average Bonchev–Trinajstić information content (AvgIpc) is 3.48. The van der Waals surface area contributed by atoms with Crippen LogP contribution in [0.15, 0.2) is 54.9 Å². The van der Waals surface area contributed by atoms with Gasteiger partial charge < -0.3 is 9.88 Å². The Labute approximate surface area is 212 Å². The smallest absolute Gasteiger partial charge is 0.131 e. The van der Waals surface area contributed by atoms with Crippen molar-refractivity contribution < 1.29 is 0 Å². The van der Waals surface area contributed by atoms with Crippen LogP contribution in [0.1, 0.15) is 46.0 Å². The number of aromatic nitrogens is 4. The van der Waals surface area contributed by atoms with E-state index in [0.717, 1.165) is 31.7 Å². The Balaban J connectivity index is 1.55. The van der Waals surface area contributed by atoms with Gasteiger partial charge in [-0.25, -0.2) is 9.67 Å². The quantitative estimate of drug-likeness (QED) is 0.312. The number of anilines is 1. The number of nitrogens with zero attached hydrogens (tertiary/aromatic N) is 4. The first-order chi connectivity index (χ1) is 17.4. The van der Waals surface area contributed by atoms with E-state index in [1.165, 1.54) is 66.9 Å². The highest BCUT2D eigenvalue weighted by Gasteiger charge is 2.28. The van der Waals surface area contributed by atoms with E-state index in [2.05, 4.69) is 91.6 Å². The molecule has 0 unspecified atom stereocenters. The minimum atomic E-state index is 0.805. The van der Waals surface area contributed by atoms with Gasteiger partial charge in [0.2, 0.25) is 0 Å². The van der Waals surface area contributed by atoms with E-state index in [9.17, 15) is 0 Å². The van der Waals surface area contributed by atoms with Crippen molar-refractivity contribution in [3.63, 3.8) is 0 Å². The van der Waals surface area contributed by atoms with Gasteiger partial charge in [-0.1, -0.05) is 31.2 Å². The molecule has 5 nitrogen and oxygen atoms in total. The summed E-state index contributed by atoms with van der Waals surface area (Å²) in [6.07, 6.45) is 5.96. The summed E-state index contributed by atoms with van der Waals surface area (Å²) >= 11 is 0. The minimum Gasteiger partial charge on any atom is -0.361 e. The number of rotatable bonds is 4. The van der Waals surface area contributed by atoms with Crippen molar-refractivity contribution in [2.75, 3.05) is 11.4 Å². The summed E-state index contributed by atoms with van der Waals surface area (Å²) in [7, 11) is 0. The highest BCUT2D eigenvalue weighted by Crippen LogP contribution is 2.37. The van der Waals surface area contributed by atoms with Crippen LogP contribution in [-0.2, 0) is 19.4 Å². The summed E-state index contributed by atoms with van der Waals surface area (Å²) in [5, 5.41) is 6.49. The first-order valence-corrected chi connectivity index (χ1v) is 12.9. The number of benzene rings is 2. The average molecular weight is 476 g/mol. The van der Waals surface area contributed by atoms with Gasteiger partial charge in [0.1, 0.15) is 5.82 Å². The lowest BCUT2D eigenvalue weighted by Gasteiger charge is -2.29. The molecule has 0 saturated carbocycles. The highest BCUT2D eigenvalue weighted by atomic mass is 15.3. The fourth-order valence-electron chi connectivity index (χ4n) is 5.80. The normalized spacial score (nSPS) is 13.4. The maximum Gasteiger partial charge on any atom is 0.131 e. The van der Waals surface area contributed by atoms with Crippen LogP contribution in [0.5, 0.6) is 0 Å².